The Balaban J connectivity index is 1.62. The van der Waals surface area contributed by atoms with Gasteiger partial charge in [-0.15, -0.1) is 0 Å². The lowest BCUT2D eigenvalue weighted by Gasteiger charge is -2.32. The van der Waals surface area contributed by atoms with Crippen molar-refractivity contribution in [1.29, 1.82) is 0 Å². The summed E-state index contributed by atoms with van der Waals surface area (Å²) in [5, 5.41) is 14.1. The highest BCUT2D eigenvalue weighted by Crippen LogP contribution is 2.27. The molecule has 5 nitrogen and oxygen atoms in total. The average molecular weight is 305 g/mol. The molecule has 6 heteroatoms. The van der Waals surface area contributed by atoms with Gasteiger partial charge >= 0.3 is 0 Å². The first-order valence-corrected chi connectivity index (χ1v) is 7.58. The number of aromatic nitrogens is 2. The Morgan fingerprint density at radius 1 is 1.50 bits per heavy atom. The second-order valence-corrected chi connectivity index (χ2v) is 5.85. The summed E-state index contributed by atoms with van der Waals surface area (Å²) in [5.41, 5.74) is 0.607. The number of hydrogen-bond donors (Lipinski definition) is 1. The number of piperidine rings is 1. The van der Waals surface area contributed by atoms with E-state index in [1.165, 1.54) is 12.1 Å². The second kappa shape index (κ2) is 6.54. The van der Waals surface area contributed by atoms with E-state index in [0.717, 1.165) is 25.9 Å². The van der Waals surface area contributed by atoms with Crippen LogP contribution in [0.15, 0.2) is 28.8 Å². The first kappa shape index (κ1) is 15.1. The Bertz CT molecular complexity index is 631. The Morgan fingerprint density at radius 3 is 3.09 bits per heavy atom. The van der Waals surface area contributed by atoms with Crippen LogP contribution in [0.1, 0.15) is 42.1 Å². The summed E-state index contributed by atoms with van der Waals surface area (Å²) in [5.74, 6) is 1.19. The van der Waals surface area contributed by atoms with Crippen LogP contribution in [0.4, 0.5) is 4.39 Å². The molecule has 1 aromatic heterocycles. The quantitative estimate of drug-likeness (QED) is 0.940. The standard InChI is InChI=1S/C16H20FN3O2/c1-11-18-16(22-19-11)13-5-3-7-20(9-13)10-15(21)12-4-2-6-14(17)8-12/h2,4,6,8,13,15,21H,3,5,7,9-10H2,1H3/t13-,15-/m0/s1. The van der Waals surface area contributed by atoms with Crippen molar-refractivity contribution in [2.24, 2.45) is 0 Å². The molecule has 2 aromatic rings. The molecule has 0 saturated carbocycles. The van der Waals surface area contributed by atoms with Gasteiger partial charge in [0.2, 0.25) is 5.89 Å². The molecule has 0 radical (unpaired) electrons. The highest BCUT2D eigenvalue weighted by atomic mass is 19.1. The van der Waals surface area contributed by atoms with Gasteiger partial charge in [0.25, 0.3) is 0 Å². The predicted molar refractivity (Wildman–Crippen MR) is 78.8 cm³/mol. The van der Waals surface area contributed by atoms with Crippen molar-refractivity contribution in [2.45, 2.75) is 31.8 Å². The minimum absolute atomic E-state index is 0.203. The fourth-order valence-corrected chi connectivity index (χ4v) is 2.97. The van der Waals surface area contributed by atoms with Gasteiger partial charge in [0, 0.05) is 13.1 Å². The molecule has 1 aromatic carbocycles. The molecule has 0 amide bonds. The second-order valence-electron chi connectivity index (χ2n) is 5.85. The van der Waals surface area contributed by atoms with E-state index in [1.807, 2.05) is 0 Å². The van der Waals surface area contributed by atoms with Gasteiger partial charge in [0.15, 0.2) is 5.82 Å². The molecular weight excluding hydrogens is 285 g/mol. The molecular formula is C16H20FN3O2. The molecule has 22 heavy (non-hydrogen) atoms. The van der Waals surface area contributed by atoms with Gasteiger partial charge in [-0.05, 0) is 44.0 Å². The lowest BCUT2D eigenvalue weighted by Crippen LogP contribution is -2.37. The zero-order valence-corrected chi connectivity index (χ0v) is 12.6. The van der Waals surface area contributed by atoms with E-state index in [-0.39, 0.29) is 11.7 Å². The van der Waals surface area contributed by atoms with Crippen LogP contribution < -0.4 is 0 Å². The number of rotatable bonds is 4. The van der Waals surface area contributed by atoms with E-state index in [2.05, 4.69) is 15.0 Å². The smallest absolute Gasteiger partial charge is 0.231 e. The van der Waals surface area contributed by atoms with Crippen molar-refractivity contribution in [2.75, 3.05) is 19.6 Å². The van der Waals surface area contributed by atoms with Crippen LogP contribution in [-0.2, 0) is 0 Å². The molecule has 3 rings (SSSR count). The zero-order chi connectivity index (χ0) is 15.5. The summed E-state index contributed by atoms with van der Waals surface area (Å²) < 4.78 is 18.5. The minimum Gasteiger partial charge on any atom is -0.387 e. The molecule has 0 aliphatic carbocycles. The minimum atomic E-state index is -0.695. The summed E-state index contributed by atoms with van der Waals surface area (Å²) in [4.78, 5) is 6.47. The van der Waals surface area contributed by atoms with Gasteiger partial charge in [-0.2, -0.15) is 4.98 Å². The van der Waals surface area contributed by atoms with Crippen LogP contribution in [0.2, 0.25) is 0 Å². The van der Waals surface area contributed by atoms with Gasteiger partial charge < -0.3 is 9.63 Å². The predicted octanol–water partition coefficient (Wildman–Crippen LogP) is 2.43. The van der Waals surface area contributed by atoms with Crippen molar-refractivity contribution in [1.82, 2.24) is 15.0 Å². The first-order valence-electron chi connectivity index (χ1n) is 7.58. The van der Waals surface area contributed by atoms with Gasteiger partial charge in [0.05, 0.1) is 12.0 Å². The van der Waals surface area contributed by atoms with Gasteiger partial charge in [-0.3, -0.25) is 4.90 Å². The number of halogens is 1. The fourth-order valence-electron chi connectivity index (χ4n) is 2.97. The van der Waals surface area contributed by atoms with Crippen LogP contribution in [-0.4, -0.2) is 39.8 Å². The van der Waals surface area contributed by atoms with Crippen molar-refractivity contribution in [3.63, 3.8) is 0 Å². The molecule has 118 valence electrons. The highest BCUT2D eigenvalue weighted by molar-refractivity contribution is 5.19. The summed E-state index contributed by atoms with van der Waals surface area (Å²) in [6.07, 6.45) is 1.33. The third-order valence-corrected chi connectivity index (χ3v) is 4.06. The largest absolute Gasteiger partial charge is 0.387 e. The van der Waals surface area contributed by atoms with Crippen molar-refractivity contribution >= 4 is 0 Å². The lowest BCUT2D eigenvalue weighted by molar-refractivity contribution is 0.0908. The highest BCUT2D eigenvalue weighted by Gasteiger charge is 2.27. The molecule has 2 heterocycles. The van der Waals surface area contributed by atoms with Crippen LogP contribution in [0.25, 0.3) is 0 Å². The molecule has 1 fully saturated rings. The maximum Gasteiger partial charge on any atom is 0.231 e. The monoisotopic (exact) mass is 305 g/mol. The SMILES string of the molecule is Cc1noc([C@H]2CCCN(C[C@H](O)c3cccc(F)c3)C2)n1. The fraction of sp³-hybridized carbons (Fsp3) is 0.500. The Kier molecular flexibility index (Phi) is 4.49. The van der Waals surface area contributed by atoms with Crippen LogP contribution in [0.5, 0.6) is 0 Å². The maximum absolute atomic E-state index is 13.2. The lowest BCUT2D eigenvalue weighted by atomic mass is 9.97. The molecule has 1 N–H and O–H groups in total. The van der Waals surface area contributed by atoms with Gasteiger partial charge in [-0.1, -0.05) is 17.3 Å². The zero-order valence-electron chi connectivity index (χ0n) is 12.6. The number of nitrogens with zero attached hydrogens (tertiary/aromatic N) is 3. The Labute approximate surface area is 128 Å². The molecule has 0 bridgehead atoms. The Hall–Kier alpha value is -1.79. The van der Waals surface area contributed by atoms with Crippen molar-refractivity contribution in [3.8, 4) is 0 Å². The molecule has 1 aliphatic rings. The summed E-state index contributed by atoms with van der Waals surface area (Å²) in [7, 11) is 0. The number of benzene rings is 1. The molecule has 0 spiro atoms. The molecule has 0 unspecified atom stereocenters. The van der Waals surface area contributed by atoms with Crippen molar-refractivity contribution in [3.05, 3.63) is 47.4 Å². The van der Waals surface area contributed by atoms with Gasteiger partial charge in [-0.25, -0.2) is 4.39 Å². The van der Waals surface area contributed by atoms with Crippen LogP contribution >= 0.6 is 0 Å². The third kappa shape index (κ3) is 3.51. The topological polar surface area (TPSA) is 62.4 Å². The number of likely N-dealkylation sites (tertiary alicyclic amines) is 1. The number of hydrogen-bond acceptors (Lipinski definition) is 5. The van der Waals surface area contributed by atoms with E-state index in [0.29, 0.717) is 23.8 Å². The number of aryl methyl sites for hydroxylation is 1. The van der Waals surface area contributed by atoms with E-state index >= 15 is 0 Å². The van der Waals surface area contributed by atoms with E-state index < -0.39 is 6.10 Å². The molecule has 1 aliphatic heterocycles. The van der Waals surface area contributed by atoms with Crippen LogP contribution in [0, 0.1) is 12.7 Å². The third-order valence-electron chi connectivity index (χ3n) is 4.06. The molecule has 2 atom stereocenters. The number of aliphatic hydroxyl groups excluding tert-OH is 1. The van der Waals surface area contributed by atoms with Crippen molar-refractivity contribution < 1.29 is 14.0 Å². The van der Waals surface area contributed by atoms with E-state index in [4.69, 9.17) is 4.52 Å². The number of β-amino-alcohol motifs (C(OH)–C–C–N with tert-alkyl or cyclic N) is 1. The maximum atomic E-state index is 13.2. The summed E-state index contributed by atoms with van der Waals surface area (Å²) in [6.45, 7) is 3.97. The van der Waals surface area contributed by atoms with Gasteiger partial charge in [0.1, 0.15) is 5.82 Å². The average Bonchev–Trinajstić information content (AvgIpc) is 2.94. The normalized spacial score (nSPS) is 21.0. The summed E-state index contributed by atoms with van der Waals surface area (Å²) >= 11 is 0. The number of aliphatic hydroxyl groups is 1. The van der Waals surface area contributed by atoms with E-state index in [1.54, 1.807) is 19.1 Å². The van der Waals surface area contributed by atoms with E-state index in [9.17, 15) is 9.50 Å². The Morgan fingerprint density at radius 2 is 2.36 bits per heavy atom. The van der Waals surface area contributed by atoms with Crippen LogP contribution in [0.3, 0.4) is 0 Å². The summed E-state index contributed by atoms with van der Waals surface area (Å²) in [6, 6.07) is 6.13. The first-order chi connectivity index (χ1) is 10.6. The molecule has 1 saturated heterocycles.